The molecule has 3 rings (SSSR count). The fourth-order valence-electron chi connectivity index (χ4n) is 2.91. The summed E-state index contributed by atoms with van der Waals surface area (Å²) in [5, 5.41) is 13.1. The second-order valence-corrected chi connectivity index (χ2v) is 6.41. The molecule has 1 aromatic heterocycles. The zero-order valence-electron chi connectivity index (χ0n) is 15.0. The highest BCUT2D eigenvalue weighted by atomic mass is 19.1. The molecule has 3 aromatic rings. The smallest absolute Gasteiger partial charge is 0.336 e. The molecule has 0 aliphatic heterocycles. The van der Waals surface area contributed by atoms with Crippen LogP contribution in [0.5, 0.6) is 5.75 Å². The Labute approximate surface area is 154 Å². The van der Waals surface area contributed by atoms with Crippen molar-refractivity contribution in [3.63, 3.8) is 0 Å². The fraction of sp³-hybridized carbons (Fsp3) is 0.200. The normalized spacial score (nSPS) is 11.1. The number of carbonyl (C=O) groups excluding carboxylic acids is 1. The number of nitrogens with zero attached hydrogens (tertiary/aromatic N) is 1. The van der Waals surface area contributed by atoms with E-state index in [1.165, 1.54) is 30.3 Å². The van der Waals surface area contributed by atoms with Crippen molar-refractivity contribution in [2.45, 2.75) is 13.5 Å². The molecule has 0 saturated carbocycles. The quantitative estimate of drug-likeness (QED) is 0.675. The molecular formula is C20H19FN2O4. The molecule has 6 nitrogen and oxygen atoms in total. The van der Waals surface area contributed by atoms with E-state index >= 15 is 0 Å². The lowest BCUT2D eigenvalue weighted by atomic mass is 10.1. The highest BCUT2D eigenvalue weighted by Gasteiger charge is 2.14. The molecule has 0 spiro atoms. The Kier molecular flexibility index (Phi) is 5.23. The molecule has 1 heterocycles. The number of carbonyl (C=O) groups is 1. The number of phenolic OH excluding ortho intramolecular Hbond substituents is 1. The van der Waals surface area contributed by atoms with E-state index < -0.39 is 11.4 Å². The van der Waals surface area contributed by atoms with Crippen molar-refractivity contribution in [3.05, 3.63) is 69.8 Å². The number of anilines is 1. The number of benzene rings is 2. The summed E-state index contributed by atoms with van der Waals surface area (Å²) in [6.45, 7) is 2.04. The van der Waals surface area contributed by atoms with Crippen LogP contribution in [0, 0.1) is 12.7 Å². The summed E-state index contributed by atoms with van der Waals surface area (Å²) in [5.41, 5.74) is 1.35. The Balaban J connectivity index is 1.76. The Morgan fingerprint density at radius 1 is 1.26 bits per heavy atom. The maximum Gasteiger partial charge on any atom is 0.336 e. The number of amides is 1. The largest absolute Gasteiger partial charge is 0.508 e. The Morgan fingerprint density at radius 3 is 2.78 bits per heavy atom. The van der Waals surface area contributed by atoms with E-state index in [4.69, 9.17) is 4.42 Å². The average molecular weight is 370 g/mol. The van der Waals surface area contributed by atoms with Crippen LogP contribution in [0.3, 0.4) is 0 Å². The lowest BCUT2D eigenvalue weighted by molar-refractivity contribution is -0.117. The Bertz CT molecular complexity index is 1060. The van der Waals surface area contributed by atoms with Crippen molar-refractivity contribution in [1.82, 2.24) is 4.90 Å². The molecule has 0 bridgehead atoms. The Hall–Kier alpha value is -3.19. The maximum absolute atomic E-state index is 13.2. The average Bonchev–Trinajstić information content (AvgIpc) is 2.58. The number of aromatic hydroxyl groups is 1. The SMILES string of the molecule is Cc1c(O)ccc2c(CN(C)CC(=O)Nc3cccc(F)c3)cc(=O)oc12. The van der Waals surface area contributed by atoms with Gasteiger partial charge in [-0.1, -0.05) is 6.07 Å². The third-order valence-electron chi connectivity index (χ3n) is 4.18. The van der Waals surface area contributed by atoms with Crippen LogP contribution in [-0.2, 0) is 11.3 Å². The van der Waals surface area contributed by atoms with Gasteiger partial charge in [0.15, 0.2) is 0 Å². The molecule has 0 radical (unpaired) electrons. The van der Waals surface area contributed by atoms with Gasteiger partial charge in [-0.05, 0) is 49.9 Å². The monoisotopic (exact) mass is 370 g/mol. The molecule has 140 valence electrons. The first kappa shape index (κ1) is 18.6. The fourth-order valence-corrected chi connectivity index (χ4v) is 2.91. The van der Waals surface area contributed by atoms with Gasteiger partial charge < -0.3 is 14.8 Å². The molecule has 27 heavy (non-hydrogen) atoms. The van der Waals surface area contributed by atoms with Gasteiger partial charge in [-0.25, -0.2) is 9.18 Å². The van der Waals surface area contributed by atoms with Crippen LogP contribution in [0.2, 0.25) is 0 Å². The van der Waals surface area contributed by atoms with Crippen molar-refractivity contribution in [2.24, 2.45) is 0 Å². The van der Waals surface area contributed by atoms with Crippen LogP contribution in [0.4, 0.5) is 10.1 Å². The van der Waals surface area contributed by atoms with E-state index in [0.717, 1.165) is 0 Å². The van der Waals surface area contributed by atoms with E-state index in [9.17, 15) is 19.1 Å². The number of rotatable bonds is 5. The van der Waals surface area contributed by atoms with Gasteiger partial charge in [0.2, 0.25) is 5.91 Å². The van der Waals surface area contributed by atoms with Crippen LogP contribution < -0.4 is 10.9 Å². The number of hydrogen-bond acceptors (Lipinski definition) is 5. The third kappa shape index (κ3) is 4.32. The number of fused-ring (bicyclic) bond motifs is 1. The maximum atomic E-state index is 13.2. The minimum atomic E-state index is -0.524. The van der Waals surface area contributed by atoms with Gasteiger partial charge in [-0.3, -0.25) is 9.69 Å². The standard InChI is InChI=1S/C20H19FN2O4/c1-12-17(24)7-6-16-13(8-19(26)27-20(12)16)10-23(2)11-18(25)22-15-5-3-4-14(21)9-15/h3-9,24H,10-11H2,1-2H3,(H,22,25). The summed E-state index contributed by atoms with van der Waals surface area (Å²) in [6, 6.07) is 10.2. The van der Waals surface area contributed by atoms with Gasteiger partial charge in [0, 0.05) is 29.2 Å². The first-order valence-electron chi connectivity index (χ1n) is 8.33. The highest BCUT2D eigenvalue weighted by Crippen LogP contribution is 2.27. The topological polar surface area (TPSA) is 82.8 Å². The summed E-state index contributed by atoms with van der Waals surface area (Å²) >= 11 is 0. The van der Waals surface area contributed by atoms with Crippen LogP contribution >= 0.6 is 0 Å². The molecule has 0 aliphatic carbocycles. The van der Waals surface area contributed by atoms with E-state index in [2.05, 4.69) is 5.32 Å². The lowest BCUT2D eigenvalue weighted by Gasteiger charge is -2.17. The first-order valence-corrected chi connectivity index (χ1v) is 8.33. The second-order valence-electron chi connectivity index (χ2n) is 6.41. The molecule has 2 aromatic carbocycles. The van der Waals surface area contributed by atoms with Crippen LogP contribution in [-0.4, -0.2) is 29.5 Å². The number of likely N-dealkylation sites (N-methyl/N-ethyl adjacent to an activating group) is 1. The lowest BCUT2D eigenvalue weighted by Crippen LogP contribution is -2.30. The summed E-state index contributed by atoms with van der Waals surface area (Å²) in [4.78, 5) is 25.8. The number of nitrogens with one attached hydrogen (secondary N) is 1. The summed E-state index contributed by atoms with van der Waals surface area (Å²) in [6.07, 6.45) is 0. The van der Waals surface area contributed by atoms with E-state index in [0.29, 0.717) is 34.3 Å². The first-order chi connectivity index (χ1) is 12.8. The van der Waals surface area contributed by atoms with Crippen molar-refractivity contribution in [3.8, 4) is 5.75 Å². The van der Waals surface area contributed by atoms with E-state index in [-0.39, 0.29) is 18.2 Å². The van der Waals surface area contributed by atoms with Crippen LogP contribution in [0.1, 0.15) is 11.1 Å². The van der Waals surface area contributed by atoms with Gasteiger partial charge in [-0.2, -0.15) is 0 Å². The predicted octanol–water partition coefficient (Wildman–Crippen LogP) is 3.02. The molecule has 1 amide bonds. The highest BCUT2D eigenvalue weighted by molar-refractivity contribution is 5.92. The molecule has 0 fully saturated rings. The Morgan fingerprint density at radius 2 is 2.04 bits per heavy atom. The van der Waals surface area contributed by atoms with Crippen molar-refractivity contribution in [1.29, 1.82) is 0 Å². The van der Waals surface area contributed by atoms with E-state index in [1.54, 1.807) is 31.0 Å². The molecule has 0 aliphatic rings. The van der Waals surface area contributed by atoms with Gasteiger partial charge >= 0.3 is 5.63 Å². The molecular weight excluding hydrogens is 351 g/mol. The number of hydrogen-bond donors (Lipinski definition) is 2. The molecule has 0 saturated heterocycles. The molecule has 7 heteroatoms. The zero-order valence-corrected chi connectivity index (χ0v) is 15.0. The third-order valence-corrected chi connectivity index (χ3v) is 4.18. The zero-order chi connectivity index (χ0) is 19.6. The van der Waals surface area contributed by atoms with Crippen molar-refractivity contribution < 1.29 is 18.7 Å². The minimum Gasteiger partial charge on any atom is -0.508 e. The van der Waals surface area contributed by atoms with Crippen molar-refractivity contribution in [2.75, 3.05) is 18.9 Å². The summed E-state index contributed by atoms with van der Waals surface area (Å²) in [5.74, 6) is -0.683. The summed E-state index contributed by atoms with van der Waals surface area (Å²) in [7, 11) is 1.73. The van der Waals surface area contributed by atoms with Crippen LogP contribution in [0.25, 0.3) is 11.0 Å². The van der Waals surface area contributed by atoms with E-state index in [1.807, 2.05) is 0 Å². The minimum absolute atomic E-state index is 0.0469. The van der Waals surface area contributed by atoms with Gasteiger partial charge in [0.25, 0.3) is 0 Å². The molecule has 0 atom stereocenters. The number of aryl methyl sites for hydroxylation is 1. The van der Waals surface area contributed by atoms with Crippen molar-refractivity contribution >= 4 is 22.6 Å². The predicted molar refractivity (Wildman–Crippen MR) is 100 cm³/mol. The summed E-state index contributed by atoms with van der Waals surface area (Å²) < 4.78 is 18.4. The van der Waals surface area contributed by atoms with Gasteiger partial charge in [-0.15, -0.1) is 0 Å². The molecule has 0 unspecified atom stereocenters. The molecule has 2 N–H and O–H groups in total. The second kappa shape index (κ2) is 7.59. The number of halogens is 1. The van der Waals surface area contributed by atoms with Gasteiger partial charge in [0.1, 0.15) is 17.1 Å². The number of phenols is 1. The van der Waals surface area contributed by atoms with Crippen LogP contribution in [0.15, 0.2) is 51.7 Å². The van der Waals surface area contributed by atoms with Gasteiger partial charge in [0.05, 0.1) is 6.54 Å².